The SMILES string of the molecule is CC(C)c1ccc(NC(=O)N2CCC(CO)C2)cc1F. The van der Waals surface area contributed by atoms with E-state index in [1.54, 1.807) is 17.0 Å². The third-order valence-corrected chi connectivity index (χ3v) is 3.70. The molecule has 1 heterocycles. The number of benzene rings is 1. The minimum Gasteiger partial charge on any atom is -0.396 e. The Labute approximate surface area is 118 Å². The van der Waals surface area contributed by atoms with Crippen LogP contribution in [0.15, 0.2) is 18.2 Å². The molecule has 1 saturated heterocycles. The Hall–Kier alpha value is -1.62. The maximum absolute atomic E-state index is 13.8. The Balaban J connectivity index is 2.00. The largest absolute Gasteiger partial charge is 0.396 e. The first kappa shape index (κ1) is 14.8. The highest BCUT2D eigenvalue weighted by Gasteiger charge is 2.25. The summed E-state index contributed by atoms with van der Waals surface area (Å²) in [6, 6.07) is 4.54. The fraction of sp³-hybridized carbons (Fsp3) is 0.533. The van der Waals surface area contributed by atoms with Gasteiger partial charge in [-0.2, -0.15) is 0 Å². The summed E-state index contributed by atoms with van der Waals surface area (Å²) < 4.78 is 13.8. The van der Waals surface area contributed by atoms with Crippen molar-refractivity contribution in [1.82, 2.24) is 4.90 Å². The highest BCUT2D eigenvalue weighted by atomic mass is 19.1. The van der Waals surface area contributed by atoms with Crippen molar-refractivity contribution in [3.8, 4) is 0 Å². The van der Waals surface area contributed by atoms with Crippen LogP contribution < -0.4 is 5.32 Å². The molecule has 1 aliphatic rings. The van der Waals surface area contributed by atoms with Gasteiger partial charge in [-0.1, -0.05) is 19.9 Å². The van der Waals surface area contributed by atoms with Gasteiger partial charge in [0.15, 0.2) is 0 Å². The maximum Gasteiger partial charge on any atom is 0.321 e. The van der Waals surface area contributed by atoms with E-state index in [0.29, 0.717) is 24.3 Å². The van der Waals surface area contributed by atoms with E-state index >= 15 is 0 Å². The van der Waals surface area contributed by atoms with Crippen molar-refractivity contribution in [2.24, 2.45) is 5.92 Å². The summed E-state index contributed by atoms with van der Waals surface area (Å²) in [4.78, 5) is 13.7. The number of aliphatic hydroxyl groups excluding tert-OH is 1. The summed E-state index contributed by atoms with van der Waals surface area (Å²) in [5.74, 6) is -0.0306. The van der Waals surface area contributed by atoms with Gasteiger partial charge in [0.1, 0.15) is 5.82 Å². The van der Waals surface area contributed by atoms with Crippen LogP contribution in [0.25, 0.3) is 0 Å². The number of hydrogen-bond donors (Lipinski definition) is 2. The first-order valence-corrected chi connectivity index (χ1v) is 6.97. The number of carbonyl (C=O) groups is 1. The Bertz CT molecular complexity index is 491. The summed E-state index contributed by atoms with van der Waals surface area (Å²) in [7, 11) is 0. The van der Waals surface area contributed by atoms with Crippen molar-refractivity contribution < 1.29 is 14.3 Å². The number of hydrogen-bond acceptors (Lipinski definition) is 2. The minimum absolute atomic E-state index is 0.0987. The lowest BCUT2D eigenvalue weighted by Gasteiger charge is -2.17. The number of nitrogens with one attached hydrogen (secondary N) is 1. The standard InChI is InChI=1S/C15H21FN2O2/c1-10(2)13-4-3-12(7-14(13)16)17-15(20)18-6-5-11(8-18)9-19/h3-4,7,10-11,19H,5-6,8-9H2,1-2H3,(H,17,20). The molecule has 20 heavy (non-hydrogen) atoms. The Morgan fingerprint density at radius 3 is 2.85 bits per heavy atom. The lowest BCUT2D eigenvalue weighted by atomic mass is 10.0. The van der Waals surface area contributed by atoms with Gasteiger partial charge in [-0.05, 0) is 30.0 Å². The third-order valence-electron chi connectivity index (χ3n) is 3.70. The van der Waals surface area contributed by atoms with E-state index in [0.717, 1.165) is 6.42 Å². The number of anilines is 1. The quantitative estimate of drug-likeness (QED) is 0.894. The second-order valence-corrected chi connectivity index (χ2v) is 5.60. The van der Waals surface area contributed by atoms with Gasteiger partial charge in [-0.15, -0.1) is 0 Å². The Morgan fingerprint density at radius 2 is 2.30 bits per heavy atom. The number of amides is 2. The molecule has 2 rings (SSSR count). The second-order valence-electron chi connectivity index (χ2n) is 5.60. The van der Waals surface area contributed by atoms with Gasteiger partial charge in [0, 0.05) is 31.3 Å². The van der Waals surface area contributed by atoms with E-state index in [1.165, 1.54) is 6.07 Å². The molecule has 0 aromatic heterocycles. The molecule has 0 spiro atoms. The molecule has 0 bridgehead atoms. The molecule has 2 amide bonds. The van der Waals surface area contributed by atoms with Gasteiger partial charge in [-0.25, -0.2) is 9.18 Å². The molecule has 0 saturated carbocycles. The van der Waals surface area contributed by atoms with Crippen LogP contribution >= 0.6 is 0 Å². The summed E-state index contributed by atoms with van der Waals surface area (Å²) >= 11 is 0. The van der Waals surface area contributed by atoms with Crippen molar-refractivity contribution in [2.75, 3.05) is 25.0 Å². The van der Waals surface area contributed by atoms with Gasteiger partial charge in [-0.3, -0.25) is 0 Å². The van der Waals surface area contributed by atoms with E-state index in [4.69, 9.17) is 5.11 Å². The zero-order valence-electron chi connectivity index (χ0n) is 11.9. The fourth-order valence-electron chi connectivity index (χ4n) is 2.44. The van der Waals surface area contributed by atoms with E-state index < -0.39 is 0 Å². The van der Waals surface area contributed by atoms with Crippen LogP contribution in [0.3, 0.4) is 0 Å². The molecule has 1 aliphatic heterocycles. The third kappa shape index (κ3) is 3.28. The number of urea groups is 1. The topological polar surface area (TPSA) is 52.6 Å². The van der Waals surface area contributed by atoms with Gasteiger partial charge < -0.3 is 15.3 Å². The van der Waals surface area contributed by atoms with E-state index in [9.17, 15) is 9.18 Å². The van der Waals surface area contributed by atoms with Crippen LogP contribution in [0.4, 0.5) is 14.9 Å². The summed E-state index contributed by atoms with van der Waals surface area (Å²) in [6.07, 6.45) is 0.810. The normalized spacial score (nSPS) is 18.6. The smallest absolute Gasteiger partial charge is 0.321 e. The average Bonchev–Trinajstić information content (AvgIpc) is 2.87. The number of aliphatic hydroxyl groups is 1. The van der Waals surface area contributed by atoms with Crippen molar-refractivity contribution in [3.63, 3.8) is 0 Å². The second kappa shape index (κ2) is 6.22. The van der Waals surface area contributed by atoms with Crippen LogP contribution in [0, 0.1) is 11.7 Å². The molecule has 1 unspecified atom stereocenters. The minimum atomic E-state index is -0.299. The van der Waals surface area contributed by atoms with Crippen LogP contribution in [-0.4, -0.2) is 35.7 Å². The fourth-order valence-corrected chi connectivity index (χ4v) is 2.44. The van der Waals surface area contributed by atoms with Crippen LogP contribution in [0.2, 0.25) is 0 Å². The molecule has 4 nitrogen and oxygen atoms in total. The van der Waals surface area contributed by atoms with Crippen LogP contribution in [-0.2, 0) is 0 Å². The molecule has 1 aromatic rings. The van der Waals surface area contributed by atoms with Crippen molar-refractivity contribution in [3.05, 3.63) is 29.6 Å². The van der Waals surface area contributed by atoms with Crippen LogP contribution in [0.1, 0.15) is 31.7 Å². The highest BCUT2D eigenvalue weighted by molar-refractivity contribution is 5.89. The van der Waals surface area contributed by atoms with E-state index in [-0.39, 0.29) is 30.3 Å². The molecule has 1 atom stereocenters. The molecular formula is C15H21FN2O2. The first-order valence-electron chi connectivity index (χ1n) is 6.97. The highest BCUT2D eigenvalue weighted by Crippen LogP contribution is 2.22. The number of carbonyl (C=O) groups excluding carboxylic acids is 1. The first-order chi connectivity index (χ1) is 9.51. The van der Waals surface area contributed by atoms with Gasteiger partial charge in [0.05, 0.1) is 0 Å². The number of halogens is 1. The Morgan fingerprint density at radius 1 is 1.55 bits per heavy atom. The molecule has 1 fully saturated rings. The molecule has 5 heteroatoms. The zero-order chi connectivity index (χ0) is 14.7. The predicted molar refractivity (Wildman–Crippen MR) is 76.3 cm³/mol. The number of likely N-dealkylation sites (tertiary alicyclic amines) is 1. The summed E-state index contributed by atoms with van der Waals surface area (Å²) in [6.45, 7) is 5.13. The number of nitrogens with zero attached hydrogens (tertiary/aromatic N) is 1. The molecular weight excluding hydrogens is 259 g/mol. The number of rotatable bonds is 3. The van der Waals surface area contributed by atoms with Crippen molar-refractivity contribution in [2.45, 2.75) is 26.2 Å². The lowest BCUT2D eigenvalue weighted by Crippen LogP contribution is -2.33. The molecule has 2 N–H and O–H groups in total. The summed E-state index contributed by atoms with van der Waals surface area (Å²) in [5, 5.41) is 11.8. The van der Waals surface area contributed by atoms with Crippen molar-refractivity contribution in [1.29, 1.82) is 0 Å². The molecule has 1 aromatic carbocycles. The lowest BCUT2D eigenvalue weighted by molar-refractivity contribution is 0.209. The summed E-state index contributed by atoms with van der Waals surface area (Å²) in [5.41, 5.74) is 1.11. The molecule has 110 valence electrons. The maximum atomic E-state index is 13.8. The molecule has 0 radical (unpaired) electrons. The Kier molecular flexibility index (Phi) is 4.60. The van der Waals surface area contributed by atoms with Crippen molar-refractivity contribution >= 4 is 11.7 Å². The van der Waals surface area contributed by atoms with Gasteiger partial charge >= 0.3 is 6.03 Å². The van der Waals surface area contributed by atoms with Crippen LogP contribution in [0.5, 0.6) is 0 Å². The average molecular weight is 280 g/mol. The zero-order valence-corrected chi connectivity index (χ0v) is 11.9. The van der Waals surface area contributed by atoms with E-state index in [1.807, 2.05) is 13.8 Å². The van der Waals surface area contributed by atoms with Gasteiger partial charge in [0.2, 0.25) is 0 Å². The molecule has 0 aliphatic carbocycles. The monoisotopic (exact) mass is 280 g/mol. The van der Waals surface area contributed by atoms with Gasteiger partial charge in [0.25, 0.3) is 0 Å². The predicted octanol–water partition coefficient (Wildman–Crippen LogP) is 2.80. The van der Waals surface area contributed by atoms with E-state index in [2.05, 4.69) is 5.32 Å².